The molecule has 19 heavy (non-hydrogen) atoms. The summed E-state index contributed by atoms with van der Waals surface area (Å²) in [7, 11) is 0. The number of amides is 2. The Bertz CT molecular complexity index is 326. The summed E-state index contributed by atoms with van der Waals surface area (Å²) in [6.45, 7) is 9.38. The van der Waals surface area contributed by atoms with Gasteiger partial charge in [-0.3, -0.25) is 9.59 Å². The van der Waals surface area contributed by atoms with Crippen LogP contribution >= 0.6 is 0 Å². The molecule has 1 aliphatic heterocycles. The number of rotatable bonds is 7. The minimum Gasteiger partial charge on any atom is -0.343 e. The first kappa shape index (κ1) is 16.0. The largest absolute Gasteiger partial charge is 0.343 e. The Balaban J connectivity index is 2.58. The molecular formula is C15H28N2O2. The fraction of sp³-hybridized carbons (Fsp3) is 0.867. The molecule has 1 fully saturated rings. The average Bonchev–Trinajstić information content (AvgIpc) is 2.33. The number of hydrogen-bond donors (Lipinski definition) is 1. The summed E-state index contributed by atoms with van der Waals surface area (Å²) in [6, 6.07) is -0.326. The van der Waals surface area contributed by atoms with Gasteiger partial charge in [0.15, 0.2) is 0 Å². The monoisotopic (exact) mass is 268 g/mol. The molecule has 0 aromatic carbocycles. The molecule has 0 radical (unpaired) electrons. The molecule has 1 aliphatic rings. The molecule has 0 aromatic heterocycles. The molecule has 0 aliphatic carbocycles. The van der Waals surface area contributed by atoms with Crippen LogP contribution in [0.25, 0.3) is 0 Å². The van der Waals surface area contributed by atoms with Crippen LogP contribution < -0.4 is 5.32 Å². The lowest BCUT2D eigenvalue weighted by Crippen LogP contribution is -2.59. The standard InChI is InChI=1S/C15H28N2O2/c1-5-7-8-9-15(3,4)11-17-10-13(18)16-12(6-2)14(17)19/h12H,5-11H2,1-4H3,(H,16,18). The van der Waals surface area contributed by atoms with Gasteiger partial charge in [0.2, 0.25) is 11.8 Å². The van der Waals surface area contributed by atoms with Crippen LogP contribution in [0.5, 0.6) is 0 Å². The highest BCUT2D eigenvalue weighted by Crippen LogP contribution is 2.26. The number of nitrogens with zero attached hydrogens (tertiary/aromatic N) is 1. The summed E-state index contributed by atoms with van der Waals surface area (Å²) in [5.74, 6) is 0.0430. The zero-order valence-electron chi connectivity index (χ0n) is 12.8. The number of unbranched alkanes of at least 4 members (excludes halogenated alkanes) is 2. The van der Waals surface area contributed by atoms with Crippen LogP contribution in [0, 0.1) is 5.41 Å². The van der Waals surface area contributed by atoms with Crippen LogP contribution in [0.15, 0.2) is 0 Å². The zero-order valence-corrected chi connectivity index (χ0v) is 12.8. The zero-order chi connectivity index (χ0) is 14.5. The summed E-state index contributed by atoms with van der Waals surface area (Å²) in [4.78, 5) is 25.6. The van der Waals surface area contributed by atoms with Crippen molar-refractivity contribution >= 4 is 11.8 Å². The molecule has 0 bridgehead atoms. The van der Waals surface area contributed by atoms with E-state index in [1.54, 1.807) is 4.90 Å². The van der Waals surface area contributed by atoms with Crippen LogP contribution in [0.4, 0.5) is 0 Å². The fourth-order valence-electron chi connectivity index (χ4n) is 2.63. The highest BCUT2D eigenvalue weighted by molar-refractivity contribution is 5.94. The summed E-state index contributed by atoms with van der Waals surface area (Å²) in [5, 5.41) is 2.75. The van der Waals surface area contributed by atoms with E-state index in [0.717, 1.165) is 6.42 Å². The molecule has 4 nitrogen and oxygen atoms in total. The topological polar surface area (TPSA) is 49.4 Å². The molecule has 1 rings (SSSR count). The Morgan fingerprint density at radius 1 is 1.26 bits per heavy atom. The van der Waals surface area contributed by atoms with Crippen LogP contribution in [-0.2, 0) is 9.59 Å². The molecule has 1 atom stereocenters. The smallest absolute Gasteiger partial charge is 0.245 e. The number of nitrogens with one attached hydrogen (secondary N) is 1. The van der Waals surface area contributed by atoms with Crippen LogP contribution in [-0.4, -0.2) is 35.8 Å². The molecule has 0 saturated carbocycles. The molecule has 110 valence electrons. The molecule has 1 unspecified atom stereocenters. The molecule has 1 saturated heterocycles. The van der Waals surface area contributed by atoms with E-state index in [0.29, 0.717) is 13.0 Å². The van der Waals surface area contributed by atoms with Crippen molar-refractivity contribution in [2.24, 2.45) is 5.41 Å². The van der Waals surface area contributed by atoms with Crippen molar-refractivity contribution in [1.82, 2.24) is 10.2 Å². The lowest BCUT2D eigenvalue weighted by molar-refractivity contribution is -0.145. The predicted octanol–water partition coefficient (Wildman–Crippen LogP) is 2.33. The van der Waals surface area contributed by atoms with Crippen molar-refractivity contribution in [3.63, 3.8) is 0 Å². The normalized spacial score (nSPS) is 20.6. The third-order valence-corrected chi connectivity index (χ3v) is 3.76. The van der Waals surface area contributed by atoms with Gasteiger partial charge in [-0.1, -0.05) is 47.0 Å². The number of piperazine rings is 1. The summed E-state index contributed by atoms with van der Waals surface area (Å²) in [5.41, 5.74) is 0.0841. The number of carbonyl (C=O) groups excluding carboxylic acids is 2. The van der Waals surface area contributed by atoms with Crippen LogP contribution in [0.1, 0.15) is 59.8 Å². The quantitative estimate of drug-likeness (QED) is 0.720. The van der Waals surface area contributed by atoms with E-state index >= 15 is 0 Å². The summed E-state index contributed by atoms with van der Waals surface area (Å²) in [6.07, 6.45) is 5.39. The van der Waals surface area contributed by atoms with Gasteiger partial charge in [0, 0.05) is 6.54 Å². The first-order valence-corrected chi connectivity index (χ1v) is 7.47. The van der Waals surface area contributed by atoms with E-state index in [1.807, 2.05) is 6.92 Å². The Morgan fingerprint density at radius 3 is 2.53 bits per heavy atom. The van der Waals surface area contributed by atoms with E-state index in [-0.39, 0.29) is 29.8 Å². The Labute approximate surface area is 116 Å². The van der Waals surface area contributed by atoms with Crippen LogP contribution in [0.3, 0.4) is 0 Å². The van der Waals surface area contributed by atoms with E-state index in [4.69, 9.17) is 0 Å². The molecule has 1 heterocycles. The van der Waals surface area contributed by atoms with Gasteiger partial charge >= 0.3 is 0 Å². The molecule has 1 N–H and O–H groups in total. The fourth-order valence-corrected chi connectivity index (χ4v) is 2.63. The average molecular weight is 268 g/mol. The molecular weight excluding hydrogens is 240 g/mol. The van der Waals surface area contributed by atoms with Gasteiger partial charge in [-0.05, 0) is 18.3 Å². The minimum atomic E-state index is -0.326. The van der Waals surface area contributed by atoms with Gasteiger partial charge < -0.3 is 10.2 Å². The van der Waals surface area contributed by atoms with Gasteiger partial charge in [-0.2, -0.15) is 0 Å². The third-order valence-electron chi connectivity index (χ3n) is 3.76. The molecule has 0 aromatic rings. The van der Waals surface area contributed by atoms with Gasteiger partial charge in [0.25, 0.3) is 0 Å². The summed E-state index contributed by atoms with van der Waals surface area (Å²) >= 11 is 0. The second-order valence-corrected chi connectivity index (χ2v) is 6.34. The molecule has 2 amide bonds. The van der Waals surface area contributed by atoms with E-state index in [9.17, 15) is 9.59 Å². The van der Waals surface area contributed by atoms with Gasteiger partial charge in [-0.15, -0.1) is 0 Å². The van der Waals surface area contributed by atoms with Crippen molar-refractivity contribution in [3.8, 4) is 0 Å². The van der Waals surface area contributed by atoms with Gasteiger partial charge in [-0.25, -0.2) is 0 Å². The van der Waals surface area contributed by atoms with Crippen molar-refractivity contribution in [2.75, 3.05) is 13.1 Å². The minimum absolute atomic E-state index is 0.0317. The first-order chi connectivity index (χ1) is 8.89. The van der Waals surface area contributed by atoms with Crippen LogP contribution in [0.2, 0.25) is 0 Å². The van der Waals surface area contributed by atoms with Crippen molar-refractivity contribution in [3.05, 3.63) is 0 Å². The highest BCUT2D eigenvalue weighted by Gasteiger charge is 2.34. The van der Waals surface area contributed by atoms with Crippen molar-refractivity contribution in [2.45, 2.75) is 65.8 Å². The maximum atomic E-state index is 12.2. The highest BCUT2D eigenvalue weighted by atomic mass is 16.2. The van der Waals surface area contributed by atoms with Crippen molar-refractivity contribution < 1.29 is 9.59 Å². The maximum absolute atomic E-state index is 12.2. The number of carbonyl (C=O) groups is 2. The van der Waals surface area contributed by atoms with E-state index in [2.05, 4.69) is 26.1 Å². The lowest BCUT2D eigenvalue weighted by Gasteiger charge is -2.37. The lowest BCUT2D eigenvalue weighted by atomic mass is 9.86. The SMILES string of the molecule is CCCCCC(C)(C)CN1CC(=O)NC(CC)C1=O. The molecule has 0 spiro atoms. The van der Waals surface area contributed by atoms with Gasteiger partial charge in [0.1, 0.15) is 6.04 Å². The molecule has 4 heteroatoms. The third kappa shape index (κ3) is 4.84. The van der Waals surface area contributed by atoms with E-state index in [1.165, 1.54) is 19.3 Å². The maximum Gasteiger partial charge on any atom is 0.245 e. The van der Waals surface area contributed by atoms with Crippen molar-refractivity contribution in [1.29, 1.82) is 0 Å². The summed E-state index contributed by atoms with van der Waals surface area (Å²) < 4.78 is 0. The second kappa shape index (κ2) is 6.92. The van der Waals surface area contributed by atoms with Gasteiger partial charge in [0.05, 0.1) is 6.54 Å². The second-order valence-electron chi connectivity index (χ2n) is 6.34. The Morgan fingerprint density at radius 2 is 1.95 bits per heavy atom. The number of hydrogen-bond acceptors (Lipinski definition) is 2. The predicted molar refractivity (Wildman–Crippen MR) is 76.7 cm³/mol. The Hall–Kier alpha value is -1.06. The van der Waals surface area contributed by atoms with E-state index < -0.39 is 0 Å². The Kier molecular flexibility index (Phi) is 5.83. The first-order valence-electron chi connectivity index (χ1n) is 7.47.